The summed E-state index contributed by atoms with van der Waals surface area (Å²) in [6.45, 7) is 2.14. The van der Waals surface area contributed by atoms with Gasteiger partial charge in [0.15, 0.2) is 5.78 Å². The SMILES string of the molecule is CCOC(=O)C1(C(=O)C[C@@H](CCCNC(N)=O)C(=O)Cc2ccc(CO)cc2)CCC1. The monoisotopic (exact) mass is 432 g/mol. The molecule has 8 nitrogen and oxygen atoms in total. The molecule has 31 heavy (non-hydrogen) atoms. The molecule has 8 heteroatoms. The Hall–Kier alpha value is -2.74. The zero-order chi connectivity index (χ0) is 22.9. The van der Waals surface area contributed by atoms with Gasteiger partial charge >= 0.3 is 12.0 Å². The number of primary amides is 1. The molecular weight excluding hydrogens is 400 g/mol. The molecule has 1 aromatic rings. The molecule has 0 radical (unpaired) electrons. The Bertz CT molecular complexity index is 786. The van der Waals surface area contributed by atoms with E-state index < -0.39 is 23.3 Å². The zero-order valence-corrected chi connectivity index (χ0v) is 18.0. The maximum atomic E-state index is 13.1. The molecule has 1 aliphatic carbocycles. The summed E-state index contributed by atoms with van der Waals surface area (Å²) in [6.07, 6.45) is 2.71. The van der Waals surface area contributed by atoms with E-state index in [-0.39, 0.29) is 37.6 Å². The minimum atomic E-state index is -1.12. The van der Waals surface area contributed by atoms with E-state index in [0.717, 1.165) is 17.5 Å². The first-order valence-corrected chi connectivity index (χ1v) is 10.8. The summed E-state index contributed by atoms with van der Waals surface area (Å²) < 4.78 is 5.13. The van der Waals surface area contributed by atoms with Gasteiger partial charge < -0.3 is 20.9 Å². The molecule has 2 amide bonds. The molecule has 0 heterocycles. The van der Waals surface area contributed by atoms with Crippen molar-refractivity contribution in [2.24, 2.45) is 17.1 Å². The first kappa shape index (κ1) is 24.5. The largest absolute Gasteiger partial charge is 0.465 e. The Labute approximate surface area is 182 Å². The number of benzene rings is 1. The van der Waals surface area contributed by atoms with E-state index in [1.54, 1.807) is 31.2 Å². The predicted molar refractivity (Wildman–Crippen MR) is 114 cm³/mol. The molecular formula is C23H32N2O6. The normalized spacial score (nSPS) is 15.4. The second-order valence-electron chi connectivity index (χ2n) is 8.03. The first-order valence-electron chi connectivity index (χ1n) is 10.8. The number of ether oxygens (including phenoxy) is 1. The maximum Gasteiger partial charge on any atom is 0.319 e. The fraction of sp³-hybridized carbons (Fsp3) is 0.565. The summed E-state index contributed by atoms with van der Waals surface area (Å²) in [7, 11) is 0. The Kier molecular flexibility index (Phi) is 9.18. The van der Waals surface area contributed by atoms with Gasteiger partial charge in [0.25, 0.3) is 0 Å². The molecule has 0 unspecified atom stereocenters. The van der Waals surface area contributed by atoms with Crippen LogP contribution in [0.25, 0.3) is 0 Å². The van der Waals surface area contributed by atoms with Crippen LogP contribution in [0.5, 0.6) is 0 Å². The van der Waals surface area contributed by atoms with Gasteiger partial charge in [-0.1, -0.05) is 30.7 Å². The predicted octanol–water partition coefficient (Wildman–Crippen LogP) is 2.05. The van der Waals surface area contributed by atoms with Gasteiger partial charge in [0, 0.05) is 25.3 Å². The molecule has 0 aliphatic heterocycles. The van der Waals surface area contributed by atoms with Crippen molar-refractivity contribution in [2.75, 3.05) is 13.2 Å². The van der Waals surface area contributed by atoms with Crippen LogP contribution in [0.2, 0.25) is 0 Å². The number of hydrogen-bond donors (Lipinski definition) is 3. The Morgan fingerprint density at radius 3 is 2.32 bits per heavy atom. The summed E-state index contributed by atoms with van der Waals surface area (Å²) in [4.78, 5) is 49.4. The second-order valence-corrected chi connectivity index (χ2v) is 8.03. The van der Waals surface area contributed by atoms with Gasteiger partial charge in [-0.15, -0.1) is 0 Å². The lowest BCUT2D eigenvalue weighted by molar-refractivity contribution is -0.167. The highest BCUT2D eigenvalue weighted by molar-refractivity contribution is 6.06. The van der Waals surface area contributed by atoms with E-state index in [1.807, 2.05) is 0 Å². The lowest BCUT2D eigenvalue weighted by Crippen LogP contribution is -2.47. The van der Waals surface area contributed by atoms with Gasteiger partial charge in [-0.05, 0) is 43.7 Å². The third kappa shape index (κ3) is 6.62. The number of amides is 2. The van der Waals surface area contributed by atoms with Crippen molar-refractivity contribution in [3.63, 3.8) is 0 Å². The summed E-state index contributed by atoms with van der Waals surface area (Å²) >= 11 is 0. The molecule has 0 spiro atoms. The molecule has 170 valence electrons. The van der Waals surface area contributed by atoms with Crippen molar-refractivity contribution in [1.82, 2.24) is 5.32 Å². The third-order valence-electron chi connectivity index (χ3n) is 5.91. The molecule has 2 rings (SSSR count). The van der Waals surface area contributed by atoms with Crippen LogP contribution < -0.4 is 11.1 Å². The highest BCUT2D eigenvalue weighted by Crippen LogP contribution is 2.44. The molecule has 1 fully saturated rings. The zero-order valence-electron chi connectivity index (χ0n) is 18.0. The fourth-order valence-corrected chi connectivity index (χ4v) is 3.86. The summed E-state index contributed by atoms with van der Waals surface area (Å²) in [5.41, 5.74) is 5.50. The molecule has 1 atom stereocenters. The summed E-state index contributed by atoms with van der Waals surface area (Å²) in [5, 5.41) is 11.7. The molecule has 4 N–H and O–H groups in total. The highest BCUT2D eigenvalue weighted by Gasteiger charge is 2.52. The number of urea groups is 1. The van der Waals surface area contributed by atoms with Gasteiger partial charge in [-0.25, -0.2) is 4.79 Å². The van der Waals surface area contributed by atoms with Crippen LogP contribution in [-0.4, -0.2) is 41.8 Å². The van der Waals surface area contributed by atoms with Crippen LogP contribution in [0.4, 0.5) is 4.79 Å². The van der Waals surface area contributed by atoms with Gasteiger partial charge in [0.1, 0.15) is 11.2 Å². The number of ketones is 2. The Morgan fingerprint density at radius 1 is 1.16 bits per heavy atom. The van der Waals surface area contributed by atoms with Crippen molar-refractivity contribution < 1.29 is 29.0 Å². The van der Waals surface area contributed by atoms with Gasteiger partial charge in [0.2, 0.25) is 0 Å². The van der Waals surface area contributed by atoms with Gasteiger partial charge in [-0.3, -0.25) is 14.4 Å². The number of rotatable bonds is 13. The van der Waals surface area contributed by atoms with Crippen molar-refractivity contribution in [3.8, 4) is 0 Å². The van der Waals surface area contributed by atoms with Gasteiger partial charge in [-0.2, -0.15) is 0 Å². The first-order chi connectivity index (χ1) is 14.8. The Morgan fingerprint density at radius 2 is 1.81 bits per heavy atom. The van der Waals surface area contributed by atoms with E-state index in [9.17, 15) is 19.2 Å². The van der Waals surface area contributed by atoms with Gasteiger partial charge in [0.05, 0.1) is 13.2 Å². The molecule has 0 aromatic heterocycles. The van der Waals surface area contributed by atoms with Crippen LogP contribution in [0, 0.1) is 11.3 Å². The highest BCUT2D eigenvalue weighted by atomic mass is 16.5. The lowest BCUT2D eigenvalue weighted by atomic mass is 9.64. The van der Waals surface area contributed by atoms with E-state index >= 15 is 0 Å². The average Bonchev–Trinajstić information content (AvgIpc) is 2.70. The molecule has 1 aromatic carbocycles. The number of carbonyl (C=O) groups excluding carboxylic acids is 4. The number of hydrogen-bond acceptors (Lipinski definition) is 6. The van der Waals surface area contributed by atoms with Crippen LogP contribution in [0.3, 0.4) is 0 Å². The standard InChI is InChI=1S/C23H32N2O6/c1-2-31-21(29)23(10-4-11-23)20(28)14-18(5-3-12-25-22(24)30)19(27)13-16-6-8-17(15-26)9-7-16/h6-9,18,26H,2-5,10-15H2,1H3,(H3,24,25,30)/t18-/m1/s1. The average molecular weight is 433 g/mol. The Balaban J connectivity index is 2.08. The van der Waals surface area contributed by atoms with Crippen LogP contribution in [0.15, 0.2) is 24.3 Å². The van der Waals surface area contributed by atoms with E-state index in [4.69, 9.17) is 15.6 Å². The van der Waals surface area contributed by atoms with Crippen molar-refractivity contribution >= 4 is 23.6 Å². The van der Waals surface area contributed by atoms with E-state index in [2.05, 4.69) is 5.32 Å². The smallest absolute Gasteiger partial charge is 0.319 e. The topological polar surface area (TPSA) is 136 Å². The number of nitrogens with one attached hydrogen (secondary N) is 1. The number of Topliss-reactive ketones (excluding diaryl/α,β-unsaturated/α-hetero) is 2. The third-order valence-corrected chi connectivity index (χ3v) is 5.91. The number of carbonyl (C=O) groups is 4. The molecule has 1 saturated carbocycles. The number of aliphatic hydroxyl groups is 1. The van der Waals surface area contributed by atoms with E-state index in [1.165, 1.54) is 0 Å². The van der Waals surface area contributed by atoms with Crippen molar-refractivity contribution in [1.29, 1.82) is 0 Å². The number of aliphatic hydroxyl groups excluding tert-OH is 1. The summed E-state index contributed by atoms with van der Waals surface area (Å²) in [6, 6.07) is 6.43. The molecule has 1 aliphatic rings. The van der Waals surface area contributed by atoms with Crippen LogP contribution in [0.1, 0.15) is 56.6 Å². The minimum absolute atomic E-state index is 0.0249. The van der Waals surface area contributed by atoms with Crippen LogP contribution >= 0.6 is 0 Å². The molecule has 0 bridgehead atoms. The number of nitrogens with two attached hydrogens (primary N) is 1. The van der Waals surface area contributed by atoms with Crippen molar-refractivity contribution in [3.05, 3.63) is 35.4 Å². The minimum Gasteiger partial charge on any atom is -0.465 e. The second kappa shape index (κ2) is 11.6. The number of esters is 1. The van der Waals surface area contributed by atoms with E-state index in [0.29, 0.717) is 32.2 Å². The molecule has 0 saturated heterocycles. The maximum absolute atomic E-state index is 13.1. The van der Waals surface area contributed by atoms with Crippen molar-refractivity contribution in [2.45, 2.75) is 58.5 Å². The quantitative estimate of drug-likeness (QED) is 0.248. The summed E-state index contributed by atoms with van der Waals surface area (Å²) in [5.74, 6) is -1.39. The lowest BCUT2D eigenvalue weighted by Gasteiger charge is -2.38. The fourth-order valence-electron chi connectivity index (χ4n) is 3.86. The van der Waals surface area contributed by atoms with Crippen LogP contribution in [-0.2, 0) is 32.1 Å².